The Hall–Kier alpha value is -1.52. The van der Waals surface area contributed by atoms with Crippen molar-refractivity contribution in [1.29, 1.82) is 0 Å². The Bertz CT molecular complexity index is 394. The Labute approximate surface area is 113 Å². The number of urea groups is 1. The molecular weight excluding hydrogens is 244 g/mol. The molecule has 1 fully saturated rings. The topological polar surface area (TPSA) is 69.6 Å². The molecule has 1 saturated heterocycles. The van der Waals surface area contributed by atoms with Crippen molar-refractivity contribution in [2.75, 3.05) is 13.1 Å². The van der Waals surface area contributed by atoms with Crippen LogP contribution in [-0.4, -0.2) is 40.6 Å². The van der Waals surface area contributed by atoms with Crippen LogP contribution in [0.25, 0.3) is 0 Å². The van der Waals surface area contributed by atoms with E-state index in [0.717, 1.165) is 25.7 Å². The third-order valence-electron chi connectivity index (χ3n) is 4.27. The first kappa shape index (κ1) is 13.9. The number of hydrogen-bond acceptors (Lipinski definition) is 2. The van der Waals surface area contributed by atoms with Crippen LogP contribution in [0.2, 0.25) is 0 Å². The molecule has 0 bridgehead atoms. The molecule has 0 aromatic rings. The summed E-state index contributed by atoms with van der Waals surface area (Å²) in [5.74, 6) is -0.437. The molecule has 0 aromatic heterocycles. The Morgan fingerprint density at radius 3 is 2.89 bits per heavy atom. The molecular formula is C14H22N2O3. The number of carbonyl (C=O) groups excluding carboxylic acids is 1. The molecule has 19 heavy (non-hydrogen) atoms. The van der Waals surface area contributed by atoms with Crippen LogP contribution in [0.3, 0.4) is 0 Å². The molecule has 1 aliphatic heterocycles. The smallest absolute Gasteiger partial charge is 0.329 e. The fourth-order valence-corrected chi connectivity index (χ4v) is 2.88. The molecule has 106 valence electrons. The van der Waals surface area contributed by atoms with E-state index in [9.17, 15) is 14.7 Å². The van der Waals surface area contributed by atoms with E-state index in [1.807, 2.05) is 0 Å². The van der Waals surface area contributed by atoms with Crippen LogP contribution in [0.4, 0.5) is 4.79 Å². The van der Waals surface area contributed by atoms with Gasteiger partial charge in [-0.2, -0.15) is 0 Å². The first-order valence-corrected chi connectivity index (χ1v) is 6.98. The van der Waals surface area contributed by atoms with Gasteiger partial charge in [0, 0.05) is 13.1 Å². The van der Waals surface area contributed by atoms with Gasteiger partial charge >= 0.3 is 12.0 Å². The van der Waals surface area contributed by atoms with Gasteiger partial charge in [0.15, 0.2) is 0 Å². The lowest BCUT2D eigenvalue weighted by Gasteiger charge is -2.31. The van der Waals surface area contributed by atoms with Crippen LogP contribution in [0.5, 0.6) is 0 Å². The number of rotatable bonds is 3. The Morgan fingerprint density at radius 2 is 2.26 bits per heavy atom. The summed E-state index contributed by atoms with van der Waals surface area (Å²) in [7, 11) is 0. The second-order valence-electron chi connectivity index (χ2n) is 5.67. The lowest BCUT2D eigenvalue weighted by Crippen LogP contribution is -2.54. The zero-order valence-electron chi connectivity index (χ0n) is 11.4. The Kier molecular flexibility index (Phi) is 4.12. The number of carbonyl (C=O) groups is 2. The van der Waals surface area contributed by atoms with Crippen molar-refractivity contribution < 1.29 is 14.7 Å². The van der Waals surface area contributed by atoms with Crippen LogP contribution in [0, 0.1) is 5.92 Å². The molecule has 2 aliphatic rings. The van der Waals surface area contributed by atoms with Gasteiger partial charge in [0.05, 0.1) is 0 Å². The summed E-state index contributed by atoms with van der Waals surface area (Å²) in [6.45, 7) is 2.79. The molecule has 5 nitrogen and oxygen atoms in total. The van der Waals surface area contributed by atoms with Crippen LogP contribution in [0.15, 0.2) is 12.2 Å². The SMILES string of the molecule is CC1(C(=O)O)CCCN1C(=O)NCC1CC=CCC1. The van der Waals surface area contributed by atoms with E-state index in [1.165, 1.54) is 4.90 Å². The van der Waals surface area contributed by atoms with Crippen LogP contribution < -0.4 is 5.32 Å². The quantitative estimate of drug-likeness (QED) is 0.767. The molecule has 0 aromatic carbocycles. The van der Waals surface area contributed by atoms with E-state index in [4.69, 9.17) is 0 Å². The molecule has 1 aliphatic carbocycles. The van der Waals surface area contributed by atoms with E-state index >= 15 is 0 Å². The monoisotopic (exact) mass is 266 g/mol. The molecule has 2 rings (SSSR count). The van der Waals surface area contributed by atoms with Gasteiger partial charge in [0.2, 0.25) is 0 Å². The molecule has 0 saturated carbocycles. The number of amides is 2. The minimum absolute atomic E-state index is 0.239. The zero-order chi connectivity index (χ0) is 13.9. The van der Waals surface area contributed by atoms with Crippen molar-refractivity contribution in [3.8, 4) is 0 Å². The number of likely N-dealkylation sites (tertiary alicyclic amines) is 1. The highest BCUT2D eigenvalue weighted by molar-refractivity contribution is 5.86. The lowest BCUT2D eigenvalue weighted by molar-refractivity contribution is -0.147. The maximum absolute atomic E-state index is 12.1. The molecule has 5 heteroatoms. The molecule has 0 radical (unpaired) electrons. The molecule has 2 N–H and O–H groups in total. The third kappa shape index (κ3) is 2.91. The fraction of sp³-hybridized carbons (Fsp3) is 0.714. The van der Waals surface area contributed by atoms with Gasteiger partial charge in [0.25, 0.3) is 0 Å². The standard InChI is InChI=1S/C14H22N2O3/c1-14(12(17)18)8-5-9-16(14)13(19)15-10-11-6-3-2-4-7-11/h2-3,11H,4-10H2,1H3,(H,15,19)(H,17,18). The molecule has 2 atom stereocenters. The molecule has 2 unspecified atom stereocenters. The largest absolute Gasteiger partial charge is 0.480 e. The summed E-state index contributed by atoms with van der Waals surface area (Å²) in [6.07, 6.45) is 8.75. The normalized spacial score (nSPS) is 30.4. The highest BCUT2D eigenvalue weighted by Gasteiger charge is 2.45. The van der Waals surface area contributed by atoms with Crippen LogP contribution >= 0.6 is 0 Å². The maximum Gasteiger partial charge on any atom is 0.329 e. The maximum atomic E-state index is 12.1. The first-order valence-electron chi connectivity index (χ1n) is 6.98. The highest BCUT2D eigenvalue weighted by atomic mass is 16.4. The van der Waals surface area contributed by atoms with Gasteiger partial charge in [-0.05, 0) is 44.9 Å². The fourth-order valence-electron chi connectivity index (χ4n) is 2.88. The summed E-state index contributed by atoms with van der Waals surface area (Å²) in [5.41, 5.74) is -1.05. The van der Waals surface area contributed by atoms with Gasteiger partial charge in [-0.25, -0.2) is 9.59 Å². The third-order valence-corrected chi connectivity index (χ3v) is 4.27. The average Bonchev–Trinajstić information content (AvgIpc) is 2.81. The number of allylic oxidation sites excluding steroid dienone is 2. The van der Waals surface area contributed by atoms with Gasteiger partial charge in [-0.15, -0.1) is 0 Å². The number of carboxylic acids is 1. The van der Waals surface area contributed by atoms with E-state index in [1.54, 1.807) is 6.92 Å². The number of nitrogens with zero attached hydrogens (tertiary/aromatic N) is 1. The lowest BCUT2D eigenvalue weighted by atomic mass is 9.94. The van der Waals surface area contributed by atoms with Crippen molar-refractivity contribution in [1.82, 2.24) is 10.2 Å². The number of hydrogen-bond donors (Lipinski definition) is 2. The van der Waals surface area contributed by atoms with Gasteiger partial charge < -0.3 is 15.3 Å². The predicted octanol–water partition coefficient (Wildman–Crippen LogP) is 1.99. The summed E-state index contributed by atoms with van der Waals surface area (Å²) in [4.78, 5) is 24.9. The number of aliphatic carboxylic acids is 1. The van der Waals surface area contributed by atoms with E-state index in [-0.39, 0.29) is 6.03 Å². The van der Waals surface area contributed by atoms with Crippen molar-refractivity contribution in [2.45, 2.75) is 44.6 Å². The molecule has 1 heterocycles. The Morgan fingerprint density at radius 1 is 1.47 bits per heavy atom. The number of carboxylic acid groups (broad SMARTS) is 1. The Balaban J connectivity index is 1.89. The first-order chi connectivity index (χ1) is 9.04. The van der Waals surface area contributed by atoms with Crippen molar-refractivity contribution in [3.63, 3.8) is 0 Å². The second kappa shape index (κ2) is 5.63. The zero-order valence-corrected chi connectivity index (χ0v) is 11.4. The number of nitrogens with one attached hydrogen (secondary N) is 1. The summed E-state index contributed by atoms with van der Waals surface area (Å²) in [6, 6.07) is -0.239. The average molecular weight is 266 g/mol. The van der Waals surface area contributed by atoms with E-state index in [2.05, 4.69) is 17.5 Å². The van der Waals surface area contributed by atoms with Crippen molar-refractivity contribution in [2.24, 2.45) is 5.92 Å². The molecule has 0 spiro atoms. The van der Waals surface area contributed by atoms with E-state index in [0.29, 0.717) is 25.4 Å². The van der Waals surface area contributed by atoms with Crippen molar-refractivity contribution >= 4 is 12.0 Å². The van der Waals surface area contributed by atoms with Gasteiger partial charge in [-0.3, -0.25) is 0 Å². The highest BCUT2D eigenvalue weighted by Crippen LogP contribution is 2.29. The second-order valence-corrected chi connectivity index (χ2v) is 5.67. The van der Waals surface area contributed by atoms with Crippen molar-refractivity contribution in [3.05, 3.63) is 12.2 Å². The predicted molar refractivity (Wildman–Crippen MR) is 71.9 cm³/mol. The van der Waals surface area contributed by atoms with Crippen LogP contribution in [0.1, 0.15) is 39.0 Å². The minimum Gasteiger partial charge on any atom is -0.480 e. The van der Waals surface area contributed by atoms with Gasteiger partial charge in [0.1, 0.15) is 5.54 Å². The van der Waals surface area contributed by atoms with Crippen LogP contribution in [-0.2, 0) is 4.79 Å². The summed E-state index contributed by atoms with van der Waals surface area (Å²) < 4.78 is 0. The van der Waals surface area contributed by atoms with Gasteiger partial charge in [-0.1, -0.05) is 12.2 Å². The van der Waals surface area contributed by atoms with E-state index < -0.39 is 11.5 Å². The minimum atomic E-state index is -1.05. The summed E-state index contributed by atoms with van der Waals surface area (Å²) in [5, 5.41) is 12.2. The molecule has 2 amide bonds. The summed E-state index contributed by atoms with van der Waals surface area (Å²) >= 11 is 0.